The molecule has 0 aromatic carbocycles. The van der Waals surface area contributed by atoms with Gasteiger partial charge in [0.2, 0.25) is 0 Å². The van der Waals surface area contributed by atoms with Gasteiger partial charge in [-0.2, -0.15) is 19.8 Å². The van der Waals surface area contributed by atoms with Gasteiger partial charge in [-0.25, -0.2) is 0 Å². The molecule has 0 aromatic rings. The molecule has 0 aliphatic heterocycles. The first-order valence-corrected chi connectivity index (χ1v) is 2.92. The van der Waals surface area contributed by atoms with Crippen LogP contribution in [-0.4, -0.2) is 54.0 Å². The van der Waals surface area contributed by atoms with Crippen molar-refractivity contribution in [1.29, 1.82) is 0 Å². The van der Waals surface area contributed by atoms with E-state index >= 15 is 0 Å². The second-order valence-electron chi connectivity index (χ2n) is 1.40. The molecule has 0 atom stereocenters. The average molecular weight is 334 g/mol. The molecule has 0 saturated carbocycles. The van der Waals surface area contributed by atoms with Crippen LogP contribution in [0.4, 0.5) is 0 Å². The van der Waals surface area contributed by atoms with Crippen LogP contribution in [0.15, 0.2) is 0 Å². The van der Waals surface area contributed by atoms with Crippen molar-refractivity contribution in [2.45, 2.75) is 0 Å². The third-order valence-corrected chi connectivity index (χ3v) is 0.331. The van der Waals surface area contributed by atoms with E-state index in [4.69, 9.17) is 45.0 Å². The summed E-state index contributed by atoms with van der Waals surface area (Å²) in [5.74, 6) is -3.94. The molecule has 1 radical (unpaired) electrons. The number of aliphatic hydroxyl groups excluding tert-OH is 3. The molecule has 10 nitrogen and oxygen atoms in total. The topological polar surface area (TPSA) is 204 Å². The number of carboxylic acid groups (broad SMARTS) is 3. The molecule has 0 heterocycles. The van der Waals surface area contributed by atoms with Crippen molar-refractivity contribution in [3.8, 4) is 0 Å². The number of aliphatic carboxylic acids is 3. The minimum atomic E-state index is -1.31. The SMILES string of the molecule is O.O=C(O)[CH-]O.O=C(O)[CH-]O.O=C(O)[CH-]O.[Zr+3]. The Hall–Kier alpha value is -1.26. The van der Waals surface area contributed by atoms with E-state index in [1.165, 1.54) is 0 Å². The van der Waals surface area contributed by atoms with Crippen LogP contribution in [0, 0.1) is 19.8 Å². The molecule has 0 amide bonds. The van der Waals surface area contributed by atoms with Gasteiger partial charge in [0.05, 0.1) is 0 Å². The fourth-order valence-corrected chi connectivity index (χ4v) is 0. The van der Waals surface area contributed by atoms with Gasteiger partial charge in [-0.3, -0.25) is 14.4 Å². The van der Waals surface area contributed by atoms with Crippen molar-refractivity contribution in [2.75, 3.05) is 0 Å². The van der Waals surface area contributed by atoms with E-state index in [9.17, 15) is 0 Å². The van der Waals surface area contributed by atoms with Gasteiger partial charge in [0.1, 0.15) is 0 Å². The molecule has 0 fully saturated rings. The summed E-state index contributed by atoms with van der Waals surface area (Å²) in [7, 11) is 0. The van der Waals surface area contributed by atoms with E-state index < -0.39 is 17.9 Å². The average Bonchev–Trinajstić information content (AvgIpc) is 2.19. The molecular weight excluding hydrogens is 323 g/mol. The maximum Gasteiger partial charge on any atom is 3.00 e. The summed E-state index contributed by atoms with van der Waals surface area (Å²) in [6.07, 6.45) is 0. The largest absolute Gasteiger partial charge is 3.00 e. The van der Waals surface area contributed by atoms with Crippen LogP contribution in [0.2, 0.25) is 0 Å². The molecule has 0 aromatic heterocycles. The zero-order valence-electron chi connectivity index (χ0n) is 8.14. The van der Waals surface area contributed by atoms with Crippen LogP contribution in [0.1, 0.15) is 0 Å². The number of rotatable bonds is 3. The van der Waals surface area contributed by atoms with Crippen molar-refractivity contribution < 1.29 is 76.7 Å². The van der Waals surface area contributed by atoms with Crippen molar-refractivity contribution in [3.63, 3.8) is 0 Å². The number of carbonyl (C=O) groups is 3. The molecule has 0 aliphatic carbocycles. The van der Waals surface area contributed by atoms with Crippen LogP contribution >= 0.6 is 0 Å². The summed E-state index contributed by atoms with van der Waals surface area (Å²) < 4.78 is 0. The fourth-order valence-electron chi connectivity index (χ4n) is 0. The Kier molecular flexibility index (Phi) is 42.1. The van der Waals surface area contributed by atoms with E-state index in [-0.39, 0.29) is 51.5 Å². The molecule has 0 rings (SSSR count). The Morgan fingerprint density at radius 1 is 0.647 bits per heavy atom. The fraction of sp³-hybridized carbons (Fsp3) is 0. The summed E-state index contributed by atoms with van der Waals surface area (Å²) in [4.78, 5) is 27.2. The standard InChI is InChI=1S/3C2H3O3.H2O.Zr/c3*3-1-2(4)5;;/h3*1,3H,(H,4,5);1H2;/q3*-1;;+3. The summed E-state index contributed by atoms with van der Waals surface area (Å²) >= 11 is 0. The van der Waals surface area contributed by atoms with Gasteiger partial charge in [-0.1, -0.05) is 0 Å². The predicted molar refractivity (Wildman–Crippen MR) is 45.2 cm³/mol. The number of hydrogen-bond donors (Lipinski definition) is 6. The molecule has 8 N–H and O–H groups in total. The summed E-state index contributed by atoms with van der Waals surface area (Å²) in [6, 6.07) is 0. The molecule has 0 unspecified atom stereocenters. The first-order chi connectivity index (χ1) is 6.81. The molecule has 11 heteroatoms. The van der Waals surface area contributed by atoms with Gasteiger partial charge in [0.15, 0.2) is 17.9 Å². The van der Waals surface area contributed by atoms with Gasteiger partial charge in [0.25, 0.3) is 0 Å². The smallest absolute Gasteiger partial charge is 0.537 e. The van der Waals surface area contributed by atoms with E-state index in [0.717, 1.165) is 0 Å². The third-order valence-electron chi connectivity index (χ3n) is 0.331. The zero-order chi connectivity index (χ0) is 12.9. The van der Waals surface area contributed by atoms with Crippen molar-refractivity contribution in [3.05, 3.63) is 19.8 Å². The van der Waals surface area contributed by atoms with Gasteiger partial charge < -0.3 is 36.1 Å². The van der Waals surface area contributed by atoms with Gasteiger partial charge >= 0.3 is 26.2 Å². The van der Waals surface area contributed by atoms with Crippen LogP contribution in [0.5, 0.6) is 0 Å². The molecule has 0 spiro atoms. The van der Waals surface area contributed by atoms with Crippen LogP contribution in [0.25, 0.3) is 0 Å². The van der Waals surface area contributed by atoms with Crippen LogP contribution < -0.4 is 0 Å². The van der Waals surface area contributed by atoms with E-state index in [1.807, 2.05) is 0 Å². The number of aliphatic hydroxyl groups is 3. The Bertz CT molecular complexity index is 160. The van der Waals surface area contributed by atoms with Crippen molar-refractivity contribution >= 4 is 17.9 Å². The second-order valence-corrected chi connectivity index (χ2v) is 1.40. The zero-order valence-corrected chi connectivity index (χ0v) is 10.6. The minimum absolute atomic E-state index is 0. The molecule has 0 aliphatic rings. The number of hydrogen-bond acceptors (Lipinski definition) is 6. The normalized spacial score (nSPS) is 5.82. The summed E-state index contributed by atoms with van der Waals surface area (Å²) in [5, 5.41) is 44.5. The molecular formula is C6H11O10Zr. The first-order valence-electron chi connectivity index (χ1n) is 2.92. The van der Waals surface area contributed by atoms with E-state index in [2.05, 4.69) is 0 Å². The molecule has 0 saturated heterocycles. The van der Waals surface area contributed by atoms with Gasteiger partial charge in [0, 0.05) is 0 Å². The van der Waals surface area contributed by atoms with Crippen molar-refractivity contribution in [1.82, 2.24) is 0 Å². The number of carboxylic acids is 3. The minimum Gasteiger partial charge on any atom is -0.537 e. The van der Waals surface area contributed by atoms with E-state index in [1.54, 1.807) is 0 Å². The summed E-state index contributed by atoms with van der Waals surface area (Å²) in [5.41, 5.74) is 0. The Balaban J connectivity index is -0.0000000400. The maximum atomic E-state index is 9.06. The molecule has 0 bridgehead atoms. The quantitative estimate of drug-likeness (QED) is 0.315. The Labute approximate surface area is 115 Å². The van der Waals surface area contributed by atoms with Crippen molar-refractivity contribution in [2.24, 2.45) is 0 Å². The van der Waals surface area contributed by atoms with Gasteiger partial charge in [-0.05, 0) is 0 Å². The molecule has 17 heavy (non-hydrogen) atoms. The summed E-state index contributed by atoms with van der Waals surface area (Å²) in [6.45, 7) is 0.250. The van der Waals surface area contributed by atoms with E-state index in [0.29, 0.717) is 0 Å². The van der Waals surface area contributed by atoms with Crippen LogP contribution in [-0.2, 0) is 40.6 Å². The monoisotopic (exact) mass is 333 g/mol. The Morgan fingerprint density at radius 2 is 0.706 bits per heavy atom. The molecule has 99 valence electrons. The third kappa shape index (κ3) is 106. The maximum absolute atomic E-state index is 9.06. The Morgan fingerprint density at radius 3 is 0.706 bits per heavy atom. The predicted octanol–water partition coefficient (Wildman–Crippen LogP) is -2.01. The van der Waals surface area contributed by atoms with Crippen LogP contribution in [0.3, 0.4) is 0 Å². The van der Waals surface area contributed by atoms with Gasteiger partial charge in [-0.15, -0.1) is 0 Å². The first kappa shape index (κ1) is 29.6. The second kappa shape index (κ2) is 24.1.